The molecule has 1 N–H and O–H groups in total. The molecular formula is C25H24N2O2. The molecule has 0 saturated carbocycles. The molecule has 4 heteroatoms. The molecule has 1 aliphatic rings. The standard InChI is InChI=1S/C25H24N2O2/c1-19(2)17-25(29-26-21-13-7-4-8-14-21)22-15-9-10-16-23(22)27(24(25)28)18-20-11-5-3-6-12-20/h3-16,26H,1,17-18H2,2H3/t25-/m1/s1. The molecule has 0 unspecified atom stereocenters. The van der Waals surface area contributed by atoms with Crippen molar-refractivity contribution >= 4 is 17.3 Å². The van der Waals surface area contributed by atoms with E-state index in [1.165, 1.54) is 0 Å². The number of hydrogen-bond acceptors (Lipinski definition) is 3. The van der Waals surface area contributed by atoms with Gasteiger partial charge in [-0.1, -0.05) is 72.3 Å². The SMILES string of the molecule is C=C(C)C[C@]1(ONc2ccccc2)C(=O)N(Cc2ccccc2)c2ccccc21. The number of amides is 1. The first-order valence-corrected chi connectivity index (χ1v) is 9.69. The Hall–Kier alpha value is -3.37. The van der Waals surface area contributed by atoms with E-state index in [1.54, 1.807) is 4.90 Å². The van der Waals surface area contributed by atoms with Gasteiger partial charge in [0.15, 0.2) is 0 Å². The van der Waals surface area contributed by atoms with E-state index in [1.807, 2.05) is 91.9 Å². The van der Waals surface area contributed by atoms with Gasteiger partial charge in [0.25, 0.3) is 5.91 Å². The molecular weight excluding hydrogens is 360 g/mol. The van der Waals surface area contributed by atoms with Crippen LogP contribution in [0.2, 0.25) is 0 Å². The van der Waals surface area contributed by atoms with Crippen LogP contribution in [0.1, 0.15) is 24.5 Å². The Kier molecular flexibility index (Phi) is 5.19. The van der Waals surface area contributed by atoms with Crippen molar-refractivity contribution in [2.45, 2.75) is 25.5 Å². The Morgan fingerprint density at radius 2 is 1.59 bits per heavy atom. The van der Waals surface area contributed by atoms with Crippen LogP contribution in [-0.4, -0.2) is 5.91 Å². The smallest absolute Gasteiger partial charge is 0.267 e. The lowest BCUT2D eigenvalue weighted by atomic mass is 9.89. The molecule has 3 aromatic rings. The van der Waals surface area contributed by atoms with Gasteiger partial charge in [-0.05, 0) is 30.7 Å². The van der Waals surface area contributed by atoms with E-state index >= 15 is 0 Å². The van der Waals surface area contributed by atoms with Gasteiger partial charge < -0.3 is 4.90 Å². The van der Waals surface area contributed by atoms with Crippen molar-refractivity contribution in [1.29, 1.82) is 0 Å². The average Bonchev–Trinajstić information content (AvgIpc) is 2.96. The van der Waals surface area contributed by atoms with Crippen LogP contribution in [-0.2, 0) is 21.8 Å². The maximum Gasteiger partial charge on any atom is 0.267 e. The van der Waals surface area contributed by atoms with Crippen molar-refractivity contribution in [2.75, 3.05) is 10.4 Å². The largest absolute Gasteiger partial charge is 0.305 e. The zero-order valence-electron chi connectivity index (χ0n) is 16.5. The molecule has 3 aromatic carbocycles. The second-order valence-electron chi connectivity index (χ2n) is 7.43. The number of benzene rings is 3. The van der Waals surface area contributed by atoms with Crippen LogP contribution in [0.3, 0.4) is 0 Å². The summed E-state index contributed by atoms with van der Waals surface area (Å²) in [5.74, 6) is -0.0889. The van der Waals surface area contributed by atoms with Crippen molar-refractivity contribution < 1.29 is 9.63 Å². The minimum atomic E-state index is -1.16. The van der Waals surface area contributed by atoms with Gasteiger partial charge in [0.1, 0.15) is 0 Å². The summed E-state index contributed by atoms with van der Waals surface area (Å²) in [5.41, 5.74) is 6.31. The van der Waals surface area contributed by atoms with E-state index in [0.29, 0.717) is 13.0 Å². The molecule has 0 spiro atoms. The highest BCUT2D eigenvalue weighted by Gasteiger charge is 2.52. The van der Waals surface area contributed by atoms with E-state index in [4.69, 9.17) is 4.84 Å². The highest BCUT2D eigenvalue weighted by molar-refractivity contribution is 6.07. The molecule has 0 fully saturated rings. The Bertz CT molecular complexity index is 1020. The van der Waals surface area contributed by atoms with E-state index in [-0.39, 0.29) is 5.91 Å². The minimum Gasteiger partial charge on any atom is -0.305 e. The van der Waals surface area contributed by atoms with Crippen molar-refractivity contribution in [3.63, 3.8) is 0 Å². The third kappa shape index (κ3) is 3.67. The first-order chi connectivity index (χ1) is 14.1. The van der Waals surface area contributed by atoms with E-state index < -0.39 is 5.60 Å². The zero-order valence-corrected chi connectivity index (χ0v) is 16.5. The number of nitrogens with one attached hydrogen (secondary N) is 1. The van der Waals surface area contributed by atoms with Gasteiger partial charge in [-0.15, -0.1) is 6.58 Å². The van der Waals surface area contributed by atoms with E-state index in [2.05, 4.69) is 12.1 Å². The second-order valence-corrected chi connectivity index (χ2v) is 7.43. The molecule has 0 radical (unpaired) electrons. The maximum absolute atomic E-state index is 13.8. The maximum atomic E-state index is 13.8. The highest BCUT2D eigenvalue weighted by atomic mass is 16.7. The third-order valence-corrected chi connectivity index (χ3v) is 5.07. The number of carbonyl (C=O) groups excluding carboxylic acids is 1. The number of para-hydroxylation sites is 2. The van der Waals surface area contributed by atoms with Crippen molar-refractivity contribution in [2.24, 2.45) is 0 Å². The third-order valence-electron chi connectivity index (χ3n) is 5.07. The number of fused-ring (bicyclic) bond motifs is 1. The van der Waals surface area contributed by atoms with Crippen molar-refractivity contribution in [3.8, 4) is 0 Å². The Labute approximate surface area is 171 Å². The summed E-state index contributed by atoms with van der Waals surface area (Å²) >= 11 is 0. The van der Waals surface area contributed by atoms with Gasteiger partial charge >= 0.3 is 0 Å². The van der Waals surface area contributed by atoms with Crippen LogP contribution in [0.4, 0.5) is 11.4 Å². The second kappa shape index (κ2) is 7.94. The molecule has 0 bridgehead atoms. The van der Waals surface area contributed by atoms with Crippen LogP contribution in [0.5, 0.6) is 0 Å². The van der Waals surface area contributed by atoms with Crippen molar-refractivity contribution in [3.05, 3.63) is 108 Å². The number of nitrogens with zero attached hydrogens (tertiary/aromatic N) is 1. The first kappa shape index (κ1) is 19.0. The summed E-state index contributed by atoms with van der Waals surface area (Å²) in [5, 5.41) is 0. The Balaban J connectivity index is 1.73. The molecule has 1 heterocycles. The first-order valence-electron chi connectivity index (χ1n) is 9.69. The minimum absolute atomic E-state index is 0.0889. The fourth-order valence-corrected chi connectivity index (χ4v) is 3.80. The molecule has 4 rings (SSSR count). The molecule has 146 valence electrons. The fraction of sp³-hybridized carbons (Fsp3) is 0.160. The van der Waals surface area contributed by atoms with Gasteiger partial charge in [-0.25, -0.2) is 0 Å². The highest BCUT2D eigenvalue weighted by Crippen LogP contribution is 2.46. The van der Waals surface area contributed by atoms with Crippen LogP contribution in [0.15, 0.2) is 97.1 Å². The predicted molar refractivity (Wildman–Crippen MR) is 116 cm³/mol. The predicted octanol–water partition coefficient (Wildman–Crippen LogP) is 5.44. The Morgan fingerprint density at radius 1 is 0.966 bits per heavy atom. The molecule has 0 saturated heterocycles. The van der Waals surface area contributed by atoms with Crippen LogP contribution in [0.25, 0.3) is 0 Å². The molecule has 1 atom stereocenters. The monoisotopic (exact) mass is 384 g/mol. The van der Waals surface area contributed by atoms with Gasteiger partial charge in [0.05, 0.1) is 17.9 Å². The normalized spacial score (nSPS) is 17.8. The molecule has 4 nitrogen and oxygen atoms in total. The molecule has 1 aliphatic heterocycles. The fourth-order valence-electron chi connectivity index (χ4n) is 3.80. The number of rotatable bonds is 7. The van der Waals surface area contributed by atoms with Gasteiger partial charge in [0, 0.05) is 12.0 Å². The summed E-state index contributed by atoms with van der Waals surface area (Å²) in [4.78, 5) is 21.8. The quantitative estimate of drug-likeness (QED) is 0.436. The summed E-state index contributed by atoms with van der Waals surface area (Å²) in [6.07, 6.45) is 0.397. The lowest BCUT2D eigenvalue weighted by Crippen LogP contribution is -2.43. The van der Waals surface area contributed by atoms with Crippen LogP contribution < -0.4 is 10.4 Å². The van der Waals surface area contributed by atoms with Crippen molar-refractivity contribution in [1.82, 2.24) is 0 Å². The summed E-state index contributed by atoms with van der Waals surface area (Å²) in [6.45, 7) is 6.47. The molecule has 1 amide bonds. The topological polar surface area (TPSA) is 41.6 Å². The average molecular weight is 384 g/mol. The van der Waals surface area contributed by atoms with Gasteiger partial charge in [-0.2, -0.15) is 0 Å². The lowest BCUT2D eigenvalue weighted by Gasteiger charge is -2.29. The molecule has 0 aromatic heterocycles. The van der Waals surface area contributed by atoms with E-state index in [9.17, 15) is 4.79 Å². The summed E-state index contributed by atoms with van der Waals surface area (Å²) in [6, 6.07) is 27.4. The Morgan fingerprint density at radius 3 is 2.28 bits per heavy atom. The summed E-state index contributed by atoms with van der Waals surface area (Å²) < 4.78 is 0. The number of hydrogen-bond donors (Lipinski definition) is 1. The van der Waals surface area contributed by atoms with E-state index in [0.717, 1.165) is 28.1 Å². The lowest BCUT2D eigenvalue weighted by molar-refractivity contribution is -0.140. The molecule has 0 aliphatic carbocycles. The van der Waals surface area contributed by atoms with Crippen LogP contribution >= 0.6 is 0 Å². The van der Waals surface area contributed by atoms with Gasteiger partial charge in [-0.3, -0.25) is 15.1 Å². The summed E-state index contributed by atoms with van der Waals surface area (Å²) in [7, 11) is 0. The molecule has 29 heavy (non-hydrogen) atoms. The van der Waals surface area contributed by atoms with Crippen LogP contribution in [0, 0.1) is 0 Å². The number of anilines is 2. The van der Waals surface area contributed by atoms with Gasteiger partial charge in [0.2, 0.25) is 5.60 Å². The zero-order chi connectivity index (χ0) is 20.3. The number of carbonyl (C=O) groups is 1.